The summed E-state index contributed by atoms with van der Waals surface area (Å²) in [6.07, 6.45) is 3.54. The summed E-state index contributed by atoms with van der Waals surface area (Å²) in [6.45, 7) is 0.152. The van der Waals surface area contributed by atoms with Gasteiger partial charge in [-0.05, 0) is 47.2 Å². The molecule has 2 aromatic carbocycles. The van der Waals surface area contributed by atoms with E-state index in [9.17, 15) is 9.59 Å². The lowest BCUT2D eigenvalue weighted by Crippen LogP contribution is -2.27. The van der Waals surface area contributed by atoms with Gasteiger partial charge in [0.05, 0.1) is 21.5 Å². The molecule has 0 radical (unpaired) electrons. The molecule has 2 amide bonds. The van der Waals surface area contributed by atoms with E-state index in [2.05, 4.69) is 15.9 Å². The van der Waals surface area contributed by atoms with Crippen LogP contribution < -0.4 is 0 Å². The quantitative estimate of drug-likeness (QED) is 0.480. The van der Waals surface area contributed by atoms with E-state index in [0.717, 1.165) is 22.9 Å². The van der Waals surface area contributed by atoms with Gasteiger partial charge in [0.25, 0.3) is 11.1 Å². The Morgan fingerprint density at radius 3 is 2.50 bits per heavy atom. The molecule has 3 rings (SSSR count). The highest BCUT2D eigenvalue weighted by Gasteiger charge is 2.35. The molecule has 0 bridgehead atoms. The van der Waals surface area contributed by atoms with Crippen LogP contribution in [0.15, 0.2) is 64.0 Å². The van der Waals surface area contributed by atoms with Crippen LogP contribution in [0.4, 0.5) is 4.79 Å². The summed E-state index contributed by atoms with van der Waals surface area (Å²) in [4.78, 5) is 26.4. The summed E-state index contributed by atoms with van der Waals surface area (Å²) in [5.41, 5.74) is 1.73. The van der Waals surface area contributed by atoms with Crippen molar-refractivity contribution in [2.24, 2.45) is 0 Å². The second-order valence-electron chi connectivity index (χ2n) is 5.46. The topological polar surface area (TPSA) is 37.4 Å². The molecule has 3 nitrogen and oxygen atoms in total. The lowest BCUT2D eigenvalue weighted by molar-refractivity contribution is -0.123. The molecule has 1 aliphatic rings. The highest BCUT2D eigenvalue weighted by molar-refractivity contribution is 9.12. The van der Waals surface area contributed by atoms with Crippen molar-refractivity contribution >= 4 is 68.1 Å². The first kappa shape index (κ1) is 19.2. The number of thioether (sulfide) groups is 1. The first-order valence-corrected chi connectivity index (χ1v) is 9.92. The van der Waals surface area contributed by atoms with Crippen molar-refractivity contribution in [2.45, 2.75) is 6.54 Å². The van der Waals surface area contributed by atoms with E-state index in [-0.39, 0.29) is 17.7 Å². The van der Waals surface area contributed by atoms with Gasteiger partial charge in [0, 0.05) is 4.48 Å². The number of nitrogens with zero attached hydrogens (tertiary/aromatic N) is 1. The smallest absolute Gasteiger partial charge is 0.268 e. The fourth-order valence-corrected chi connectivity index (χ4v) is 4.13. The van der Waals surface area contributed by atoms with Crippen molar-refractivity contribution in [3.05, 3.63) is 85.2 Å². The lowest BCUT2D eigenvalue weighted by Gasteiger charge is -2.12. The number of allylic oxidation sites excluding steroid dienone is 2. The van der Waals surface area contributed by atoms with Gasteiger partial charge in [-0.25, -0.2) is 0 Å². The fourth-order valence-electron chi connectivity index (χ4n) is 2.33. The minimum Gasteiger partial charge on any atom is -0.268 e. The SMILES string of the molecule is O=C1S/C(=C\C(Br)=C\c2ccccc2)C(=O)N1Cc1ccc(Cl)c(Cl)c1. The van der Waals surface area contributed by atoms with Gasteiger partial charge in [0.15, 0.2) is 0 Å². The van der Waals surface area contributed by atoms with Gasteiger partial charge in [-0.15, -0.1) is 0 Å². The molecular formula is C19H12BrCl2NO2S. The lowest BCUT2D eigenvalue weighted by atomic mass is 10.2. The van der Waals surface area contributed by atoms with Crippen LogP contribution in [0.5, 0.6) is 0 Å². The number of carbonyl (C=O) groups is 2. The van der Waals surface area contributed by atoms with Crippen LogP contribution in [0.1, 0.15) is 11.1 Å². The van der Waals surface area contributed by atoms with E-state index in [0.29, 0.717) is 19.4 Å². The van der Waals surface area contributed by atoms with Gasteiger partial charge in [-0.2, -0.15) is 0 Å². The van der Waals surface area contributed by atoms with Crippen LogP contribution >= 0.6 is 50.9 Å². The Labute approximate surface area is 173 Å². The van der Waals surface area contributed by atoms with Gasteiger partial charge in [-0.3, -0.25) is 14.5 Å². The van der Waals surface area contributed by atoms with E-state index in [1.807, 2.05) is 36.4 Å². The number of rotatable bonds is 4. The molecule has 0 aliphatic carbocycles. The summed E-state index contributed by atoms with van der Waals surface area (Å²) in [7, 11) is 0. The number of benzene rings is 2. The third-order valence-corrected chi connectivity index (χ3v) is 5.68. The molecule has 1 saturated heterocycles. The average Bonchev–Trinajstić information content (AvgIpc) is 2.86. The molecule has 26 heavy (non-hydrogen) atoms. The molecule has 0 unspecified atom stereocenters. The van der Waals surface area contributed by atoms with Crippen molar-refractivity contribution in [3.8, 4) is 0 Å². The summed E-state index contributed by atoms with van der Waals surface area (Å²) in [5.74, 6) is -0.329. The van der Waals surface area contributed by atoms with Crippen molar-refractivity contribution in [3.63, 3.8) is 0 Å². The van der Waals surface area contributed by atoms with E-state index >= 15 is 0 Å². The maximum atomic E-state index is 12.6. The fraction of sp³-hybridized carbons (Fsp3) is 0.0526. The van der Waals surface area contributed by atoms with Crippen LogP contribution in [0.3, 0.4) is 0 Å². The molecule has 0 N–H and O–H groups in total. The molecule has 1 aliphatic heterocycles. The Hall–Kier alpha value is -1.53. The average molecular weight is 469 g/mol. The standard InChI is InChI=1S/C19H12BrCl2NO2S/c20-14(8-12-4-2-1-3-5-12)10-17-18(24)23(19(25)26-17)11-13-6-7-15(21)16(22)9-13/h1-10H,11H2/b14-8-,17-10-. The number of imide groups is 1. The predicted octanol–water partition coefficient (Wildman–Crippen LogP) is 6.51. The molecule has 0 aromatic heterocycles. The zero-order valence-corrected chi connectivity index (χ0v) is 17.2. The normalized spacial score (nSPS) is 16.7. The Balaban J connectivity index is 1.77. The van der Waals surface area contributed by atoms with Gasteiger partial charge >= 0.3 is 0 Å². The molecule has 0 atom stereocenters. The summed E-state index contributed by atoms with van der Waals surface area (Å²) in [5, 5.41) is 0.506. The monoisotopic (exact) mass is 467 g/mol. The third kappa shape index (κ3) is 4.60. The molecule has 7 heteroatoms. The highest BCUT2D eigenvalue weighted by atomic mass is 79.9. The Morgan fingerprint density at radius 2 is 1.81 bits per heavy atom. The molecule has 0 saturated carbocycles. The number of hydrogen-bond donors (Lipinski definition) is 0. The number of hydrogen-bond acceptors (Lipinski definition) is 3. The van der Waals surface area contributed by atoms with Gasteiger partial charge in [0.2, 0.25) is 0 Å². The molecule has 1 heterocycles. The summed E-state index contributed by atoms with van der Waals surface area (Å²) < 4.78 is 0.712. The summed E-state index contributed by atoms with van der Waals surface area (Å²) >= 11 is 16.2. The van der Waals surface area contributed by atoms with Gasteiger partial charge in [-0.1, -0.05) is 75.5 Å². The second-order valence-corrected chi connectivity index (χ2v) is 8.18. The maximum absolute atomic E-state index is 12.6. The maximum Gasteiger partial charge on any atom is 0.293 e. The van der Waals surface area contributed by atoms with Crippen LogP contribution in [-0.4, -0.2) is 16.0 Å². The minimum atomic E-state index is -0.329. The molecule has 0 spiro atoms. The second kappa shape index (κ2) is 8.44. The van der Waals surface area contributed by atoms with Gasteiger partial charge < -0.3 is 0 Å². The number of halogens is 3. The minimum absolute atomic E-state index is 0.152. The molecule has 2 aromatic rings. The van der Waals surface area contributed by atoms with E-state index < -0.39 is 0 Å². The molecule has 1 fully saturated rings. The predicted molar refractivity (Wildman–Crippen MR) is 111 cm³/mol. The molecular weight excluding hydrogens is 457 g/mol. The van der Waals surface area contributed by atoms with Crippen molar-refractivity contribution in [2.75, 3.05) is 0 Å². The Morgan fingerprint density at radius 1 is 1.08 bits per heavy atom. The van der Waals surface area contributed by atoms with Crippen LogP contribution in [0.25, 0.3) is 6.08 Å². The first-order chi connectivity index (χ1) is 12.4. The third-order valence-electron chi connectivity index (χ3n) is 3.57. The van der Waals surface area contributed by atoms with E-state index in [4.69, 9.17) is 23.2 Å². The highest BCUT2D eigenvalue weighted by Crippen LogP contribution is 2.34. The van der Waals surface area contributed by atoms with Crippen LogP contribution in [0, 0.1) is 0 Å². The number of amides is 2. The van der Waals surface area contributed by atoms with E-state index in [1.54, 1.807) is 24.3 Å². The van der Waals surface area contributed by atoms with Crippen molar-refractivity contribution < 1.29 is 9.59 Å². The Kier molecular flexibility index (Phi) is 6.24. The van der Waals surface area contributed by atoms with Crippen LogP contribution in [0.2, 0.25) is 10.0 Å². The summed E-state index contributed by atoms with van der Waals surface area (Å²) in [6, 6.07) is 14.7. The zero-order valence-electron chi connectivity index (χ0n) is 13.3. The molecule has 132 valence electrons. The van der Waals surface area contributed by atoms with Crippen LogP contribution in [-0.2, 0) is 11.3 Å². The van der Waals surface area contributed by atoms with Crippen molar-refractivity contribution in [1.29, 1.82) is 0 Å². The van der Waals surface area contributed by atoms with Gasteiger partial charge in [0.1, 0.15) is 0 Å². The number of carbonyl (C=O) groups excluding carboxylic acids is 2. The van der Waals surface area contributed by atoms with Crippen molar-refractivity contribution in [1.82, 2.24) is 4.90 Å². The Bertz CT molecular complexity index is 928. The zero-order chi connectivity index (χ0) is 18.7. The first-order valence-electron chi connectivity index (χ1n) is 7.55. The van der Waals surface area contributed by atoms with E-state index in [1.165, 1.54) is 4.90 Å². The largest absolute Gasteiger partial charge is 0.293 e.